The van der Waals surface area contributed by atoms with Crippen molar-refractivity contribution in [3.63, 3.8) is 0 Å². The van der Waals surface area contributed by atoms with Crippen molar-refractivity contribution in [1.29, 1.82) is 0 Å². The van der Waals surface area contributed by atoms with Gasteiger partial charge < -0.3 is 111 Å². The third kappa shape index (κ3) is 38.1. The second-order valence-corrected chi connectivity index (χ2v) is 29.8. The lowest BCUT2D eigenvalue weighted by Gasteiger charge is -2.11. The van der Waals surface area contributed by atoms with Crippen LogP contribution in [0.4, 0.5) is 39.8 Å². The molecule has 29 heteroatoms. The van der Waals surface area contributed by atoms with Crippen molar-refractivity contribution in [2.24, 2.45) is 0 Å². The molecule has 0 aliphatic rings. The minimum Gasteiger partial charge on any atom is -0.507 e. The van der Waals surface area contributed by atoms with Gasteiger partial charge in [-0.05, 0) is 183 Å². The lowest BCUT2D eigenvalue weighted by Crippen LogP contribution is -2.26. The van der Waals surface area contributed by atoms with Crippen LogP contribution in [0.3, 0.4) is 0 Å². The highest BCUT2D eigenvalue weighted by molar-refractivity contribution is 6.31. The third-order valence-corrected chi connectivity index (χ3v) is 19.5. The Morgan fingerprint density at radius 2 is 0.717 bits per heavy atom. The predicted molar refractivity (Wildman–Crippen MR) is 504 cm³/mol. The number of aromatic hydroxyl groups is 6. The molecule has 0 spiro atoms. The molecular formula is C98H120ClN13O15. The maximum absolute atomic E-state index is 12.2. The lowest BCUT2D eigenvalue weighted by atomic mass is 10.1. The highest BCUT2D eigenvalue weighted by atomic mass is 35.5. The van der Waals surface area contributed by atoms with Gasteiger partial charge in [0.05, 0.1) is 53.3 Å². The largest absolute Gasteiger partial charge is 0.507 e. The number of carbonyl (C=O) groups excluding carboxylic acids is 6. The summed E-state index contributed by atoms with van der Waals surface area (Å²) in [5, 5.41) is 75.1. The Balaban J connectivity index is 0.000000237. The summed E-state index contributed by atoms with van der Waals surface area (Å²) in [5.74, 6) is -2.14. The number of rotatable bonds is 37. The van der Waals surface area contributed by atoms with Gasteiger partial charge in [-0.1, -0.05) is 173 Å². The number of phenolic OH excluding ortho intramolecular Hbond substituents is 6. The highest BCUT2D eigenvalue weighted by Gasteiger charge is 2.20. The van der Waals surface area contributed by atoms with Crippen LogP contribution in [0.15, 0.2) is 231 Å². The number of halogens is 1. The number of methoxy groups -OCH3 is 2. The first-order valence-corrected chi connectivity index (χ1v) is 42.3. The number of ether oxygens (including phenoxy) is 3. The van der Waals surface area contributed by atoms with E-state index < -0.39 is 5.91 Å². The Hall–Kier alpha value is -14.4. The molecule has 6 amide bonds. The number of aromatic nitrogens is 1. The molecule has 0 fully saturated rings. The van der Waals surface area contributed by atoms with Gasteiger partial charge >= 0.3 is 0 Å². The Morgan fingerprint density at radius 1 is 0.346 bits per heavy atom. The molecule has 0 radical (unpaired) electrons. The topological polar surface area (TPSA) is 493 Å². The number of anilines is 7. The van der Waals surface area contributed by atoms with Crippen molar-refractivity contribution in [3.8, 4) is 46.0 Å². The van der Waals surface area contributed by atoms with Gasteiger partial charge in [-0.25, -0.2) is 0 Å². The molecule has 1 heterocycles. The van der Waals surface area contributed by atoms with E-state index in [1.165, 1.54) is 162 Å². The summed E-state index contributed by atoms with van der Waals surface area (Å²) in [6.07, 6.45) is 19.5. The van der Waals surface area contributed by atoms with E-state index in [-0.39, 0.29) is 103 Å². The zero-order valence-corrected chi connectivity index (χ0v) is 73.1. The van der Waals surface area contributed by atoms with Gasteiger partial charge in [0.15, 0.2) is 11.5 Å². The molecule has 0 aliphatic carbocycles. The maximum Gasteiger partial charge on any atom is 0.259 e. The summed E-state index contributed by atoms with van der Waals surface area (Å²) in [5.41, 5.74) is 43.4. The van der Waals surface area contributed by atoms with Crippen molar-refractivity contribution < 1.29 is 73.6 Å². The number of benzene rings is 10. The van der Waals surface area contributed by atoms with Crippen molar-refractivity contribution in [2.75, 3.05) is 99.9 Å². The van der Waals surface area contributed by atoms with E-state index in [1.807, 2.05) is 97.9 Å². The number of nitrogen functional groups attached to an aromatic ring is 6. The molecule has 11 aromatic rings. The fraction of sp³-hybridized carbons (Fsp3) is 0.276. The molecule has 1 aromatic heterocycles. The number of nitrogens with one attached hydrogen (secondary N) is 6. The van der Waals surface area contributed by atoms with Gasteiger partial charge in [0.1, 0.15) is 34.5 Å². The molecule has 0 saturated heterocycles. The van der Waals surface area contributed by atoms with Gasteiger partial charge in [0, 0.05) is 116 Å². The molecule has 0 bridgehead atoms. The van der Waals surface area contributed by atoms with Crippen molar-refractivity contribution in [1.82, 2.24) is 31.6 Å². The number of nitrogens with zero attached hydrogens (tertiary/aromatic N) is 1. The minimum atomic E-state index is -0.490. The summed E-state index contributed by atoms with van der Waals surface area (Å²) < 4.78 is 15.8. The van der Waals surface area contributed by atoms with Gasteiger partial charge in [-0.3, -0.25) is 33.8 Å². The molecule has 24 N–H and O–H groups in total. The van der Waals surface area contributed by atoms with Gasteiger partial charge in [0.25, 0.3) is 35.4 Å². The number of carbonyl (C=O) groups is 6. The number of phenols is 6. The Bertz CT molecular complexity index is 5130. The van der Waals surface area contributed by atoms with E-state index in [4.69, 9.17) is 60.2 Å². The number of nitrogens with two attached hydrogens (primary N) is 6. The van der Waals surface area contributed by atoms with Gasteiger partial charge in [-0.2, -0.15) is 0 Å². The normalized spacial score (nSPS) is 10.3. The Labute approximate surface area is 747 Å². The van der Waals surface area contributed by atoms with E-state index in [0.717, 1.165) is 62.0 Å². The zero-order valence-electron chi connectivity index (χ0n) is 72.3. The molecule has 0 unspecified atom stereocenters. The number of unbranched alkanes of at least 4 members (excludes halogenated alkanes) is 9. The quantitative estimate of drug-likeness (QED) is 0.00977. The summed E-state index contributed by atoms with van der Waals surface area (Å²) in [6.45, 7) is 8.19. The second kappa shape index (κ2) is 56.4. The van der Waals surface area contributed by atoms with Crippen molar-refractivity contribution in [2.45, 2.75) is 117 Å². The van der Waals surface area contributed by atoms with Gasteiger partial charge in [0.2, 0.25) is 0 Å². The van der Waals surface area contributed by atoms with Crippen LogP contribution in [-0.2, 0) is 30.4 Å². The first kappa shape index (κ1) is 101. The van der Waals surface area contributed by atoms with Crippen LogP contribution >= 0.6 is 11.6 Å². The standard InChI is InChI=1S/C23H40N2O4.2C16H18N2O2.C15H16N2O2.C14H13ClN2O3.C14H15N3O2/c1-3-4-5-6-7-8-9-10-11-12-15-29-16-13-14-25-23(27)20-17-19(24)18-21(28-2)22(20)26;1-11-2-4-12(5-3-11)8-9-18-16(20)14-10-13(17)6-7-15(14)19;17-13-8-9-15(19)14(11-13)16(20)18-10-4-7-12-5-2-1-3-6-12;16-12-6-7-14(18)13(10-12)15(19)17-9-8-11-4-2-1-3-5-11;1-20-13-6-8(15)2-4-11(13)17-14(19)10-7-9(16)3-5-12(10)18;15-10-4-5-13(18)12(9-10)14(19)17-8-6-11-3-1-2-7-16-11/h17-18,26H,3-16,24H2,1-2H3,(H,25,27);2-7,10,19H,8-9,17H2,1H3,(H,18,20);1-3,5-6,8-9,11,19H,4,7,10,17H2,(H,18,20);1-7,10,18H,8-9,16H2,(H,17,19);2-7,18H,16H2,1H3,(H,17,19);1-5,7,9,18H,6,8,15H2,(H,17,19). The van der Waals surface area contributed by atoms with Crippen LogP contribution < -0.4 is 75.8 Å². The SMILES string of the molecule is CCCCCCCCCCCCOCCCNC(=O)c1cc(N)cc(OC)c1O.COc1cc(Cl)ccc1NC(=O)c1cc(N)ccc1O.Cc1ccc(CCNC(=O)c2cc(N)ccc2O)cc1.Nc1ccc(O)c(C(=O)NCCCc2ccccc2)c1.Nc1ccc(O)c(C(=O)NCCc2ccccc2)c1.Nc1ccc(O)c(C(=O)NCCc2ccccn2)c1. The minimum absolute atomic E-state index is 0.0558. The van der Waals surface area contributed by atoms with Crippen LogP contribution in [0.25, 0.3) is 0 Å². The first-order chi connectivity index (χ1) is 61.2. The van der Waals surface area contributed by atoms with Crippen LogP contribution in [0.1, 0.15) is 174 Å². The fourth-order valence-corrected chi connectivity index (χ4v) is 12.4. The van der Waals surface area contributed by atoms with Crippen LogP contribution in [0.5, 0.6) is 46.0 Å². The molecule has 0 atom stereocenters. The number of hydrogen-bond donors (Lipinski definition) is 18. The average molecular weight is 1760 g/mol. The first-order valence-electron chi connectivity index (χ1n) is 41.9. The fourth-order valence-electron chi connectivity index (χ4n) is 12.3. The number of hydrogen-bond acceptors (Lipinski definition) is 22. The van der Waals surface area contributed by atoms with E-state index in [0.29, 0.717) is 96.3 Å². The third-order valence-electron chi connectivity index (χ3n) is 19.2. The molecule has 11 rings (SSSR count). The summed E-state index contributed by atoms with van der Waals surface area (Å²) >= 11 is 5.85. The van der Waals surface area contributed by atoms with E-state index in [9.17, 15) is 59.4 Å². The van der Waals surface area contributed by atoms with Gasteiger partial charge in [-0.15, -0.1) is 0 Å². The molecule has 127 heavy (non-hydrogen) atoms. The van der Waals surface area contributed by atoms with Crippen LogP contribution in [0.2, 0.25) is 5.02 Å². The molecule has 0 saturated carbocycles. The lowest BCUT2D eigenvalue weighted by molar-refractivity contribution is 0.0930. The molecule has 0 aliphatic heterocycles. The van der Waals surface area contributed by atoms with Crippen LogP contribution in [-0.4, -0.2) is 131 Å². The predicted octanol–water partition coefficient (Wildman–Crippen LogP) is 15.8. The zero-order chi connectivity index (χ0) is 92.3. The number of pyridine rings is 1. The smallest absolute Gasteiger partial charge is 0.259 e. The average Bonchev–Trinajstić information content (AvgIpc) is 0.822. The van der Waals surface area contributed by atoms with Crippen LogP contribution in [0, 0.1) is 6.92 Å². The summed E-state index contributed by atoms with van der Waals surface area (Å²) in [6, 6.07) is 63.5. The van der Waals surface area contributed by atoms with Crippen molar-refractivity contribution in [3.05, 3.63) is 297 Å². The Kier molecular flexibility index (Phi) is 45.0. The molecule has 674 valence electrons. The summed E-state index contributed by atoms with van der Waals surface area (Å²) in [7, 11) is 2.89. The number of amides is 6. The van der Waals surface area contributed by atoms with E-state index >= 15 is 0 Å². The van der Waals surface area contributed by atoms with Crippen molar-refractivity contribution >= 4 is 86.9 Å². The monoisotopic (exact) mass is 1750 g/mol. The maximum atomic E-state index is 12.2. The molecule has 28 nitrogen and oxygen atoms in total. The van der Waals surface area contributed by atoms with E-state index in [1.54, 1.807) is 48.7 Å². The highest BCUT2D eigenvalue weighted by Crippen LogP contribution is 2.34. The second-order valence-electron chi connectivity index (χ2n) is 29.4. The number of aryl methyl sites for hydroxylation is 2. The molecular weight excluding hydrogens is 1630 g/mol. The Morgan fingerprint density at radius 3 is 1.15 bits per heavy atom. The van der Waals surface area contributed by atoms with E-state index in [2.05, 4.69) is 55.9 Å². The summed E-state index contributed by atoms with van der Waals surface area (Å²) in [4.78, 5) is 76.1. The molecule has 10 aromatic carbocycles.